The Bertz CT molecular complexity index is 751. The lowest BCUT2D eigenvalue weighted by Gasteiger charge is -2.26. The van der Waals surface area contributed by atoms with Gasteiger partial charge in [0.25, 0.3) is 5.91 Å². The van der Waals surface area contributed by atoms with Gasteiger partial charge >= 0.3 is 0 Å². The molecule has 0 spiro atoms. The van der Waals surface area contributed by atoms with Crippen molar-refractivity contribution in [2.75, 3.05) is 13.1 Å². The molecule has 2 aromatic rings. The zero-order valence-corrected chi connectivity index (χ0v) is 17.1. The van der Waals surface area contributed by atoms with Crippen LogP contribution in [0.5, 0.6) is 5.75 Å². The summed E-state index contributed by atoms with van der Waals surface area (Å²) in [6.07, 6.45) is 4.15. The summed E-state index contributed by atoms with van der Waals surface area (Å²) in [5.41, 5.74) is 3.49. The van der Waals surface area contributed by atoms with Crippen LogP contribution in [0.25, 0.3) is 0 Å². The molecule has 0 radical (unpaired) electrons. The second-order valence-electron chi connectivity index (χ2n) is 7.65. The molecule has 1 atom stereocenters. The van der Waals surface area contributed by atoms with Gasteiger partial charge in [-0.15, -0.1) is 0 Å². The minimum absolute atomic E-state index is 0.0665. The number of hydrogen-bond acceptors (Lipinski definition) is 3. The highest BCUT2D eigenvalue weighted by Gasteiger charge is 2.18. The third kappa shape index (κ3) is 5.83. The zero-order valence-electron chi connectivity index (χ0n) is 17.1. The van der Waals surface area contributed by atoms with Crippen LogP contribution in [0.2, 0.25) is 0 Å². The summed E-state index contributed by atoms with van der Waals surface area (Å²) in [4.78, 5) is 15.1. The molecular formula is C24H32N2O2. The summed E-state index contributed by atoms with van der Waals surface area (Å²) < 4.78 is 5.93. The highest BCUT2D eigenvalue weighted by Crippen LogP contribution is 2.19. The Balaban J connectivity index is 1.49. The Morgan fingerprint density at radius 1 is 1.04 bits per heavy atom. The second kappa shape index (κ2) is 10.3. The van der Waals surface area contributed by atoms with Crippen LogP contribution in [0.1, 0.15) is 49.3 Å². The van der Waals surface area contributed by atoms with Crippen LogP contribution in [-0.4, -0.2) is 30.0 Å². The number of hydrogen-bond donors (Lipinski definition) is 1. The van der Waals surface area contributed by atoms with Crippen molar-refractivity contribution >= 4 is 5.91 Å². The molecule has 1 fully saturated rings. The summed E-state index contributed by atoms with van der Waals surface area (Å²) in [5.74, 6) is 0.703. The molecule has 4 heteroatoms. The largest absolute Gasteiger partial charge is 0.480 e. The normalized spacial score (nSPS) is 15.8. The third-order valence-electron chi connectivity index (χ3n) is 5.37. The van der Waals surface area contributed by atoms with Gasteiger partial charge in [-0.25, -0.2) is 0 Å². The number of piperidine rings is 1. The predicted octanol–water partition coefficient (Wildman–Crippen LogP) is 4.45. The first-order chi connectivity index (χ1) is 13.7. The maximum Gasteiger partial charge on any atom is 0.261 e. The van der Waals surface area contributed by atoms with E-state index in [2.05, 4.69) is 34.5 Å². The number of nitrogens with one attached hydrogen (secondary N) is 1. The average molecular weight is 381 g/mol. The summed E-state index contributed by atoms with van der Waals surface area (Å²) in [6, 6.07) is 16.4. The van der Waals surface area contributed by atoms with Gasteiger partial charge in [-0.05, 0) is 62.0 Å². The molecule has 1 heterocycles. The SMILES string of the molecule is CCC(Oc1ccccc1C)C(=O)NCc1ccc(CN2CCCCC2)cc1. The second-order valence-corrected chi connectivity index (χ2v) is 7.65. The molecule has 1 aliphatic heterocycles. The molecule has 1 amide bonds. The topological polar surface area (TPSA) is 41.6 Å². The van der Waals surface area contributed by atoms with Crippen LogP contribution < -0.4 is 10.1 Å². The molecule has 1 N–H and O–H groups in total. The van der Waals surface area contributed by atoms with Crippen LogP contribution >= 0.6 is 0 Å². The summed E-state index contributed by atoms with van der Waals surface area (Å²) >= 11 is 0. The van der Waals surface area contributed by atoms with Crippen LogP contribution in [0.4, 0.5) is 0 Å². The first-order valence-corrected chi connectivity index (χ1v) is 10.5. The highest BCUT2D eigenvalue weighted by atomic mass is 16.5. The Labute approximate surface area is 168 Å². The van der Waals surface area contributed by atoms with Gasteiger partial charge in [0, 0.05) is 13.1 Å². The number of amides is 1. The van der Waals surface area contributed by atoms with Gasteiger partial charge in [0.1, 0.15) is 5.75 Å². The van der Waals surface area contributed by atoms with Crippen LogP contribution in [0, 0.1) is 6.92 Å². The van der Waals surface area contributed by atoms with Crippen molar-refractivity contribution in [3.63, 3.8) is 0 Å². The van der Waals surface area contributed by atoms with E-state index >= 15 is 0 Å². The lowest BCUT2D eigenvalue weighted by atomic mass is 10.1. The monoisotopic (exact) mass is 380 g/mol. The van der Waals surface area contributed by atoms with Crippen molar-refractivity contribution in [2.45, 2.75) is 58.7 Å². The standard InChI is InChI=1S/C24H32N2O2/c1-3-22(28-23-10-6-5-9-19(23)2)24(27)25-17-20-11-13-21(14-12-20)18-26-15-7-4-8-16-26/h5-6,9-14,22H,3-4,7-8,15-18H2,1-2H3,(H,25,27). The number of likely N-dealkylation sites (tertiary alicyclic amines) is 1. The number of benzene rings is 2. The molecule has 150 valence electrons. The Kier molecular flexibility index (Phi) is 7.49. The molecule has 3 rings (SSSR count). The van der Waals surface area contributed by atoms with E-state index in [0.29, 0.717) is 13.0 Å². The molecule has 2 aromatic carbocycles. The number of para-hydroxylation sites is 1. The number of carbonyl (C=O) groups is 1. The minimum atomic E-state index is -0.473. The van der Waals surface area contributed by atoms with Gasteiger partial charge in [0.2, 0.25) is 0 Å². The van der Waals surface area contributed by atoms with Crippen LogP contribution in [0.3, 0.4) is 0 Å². The molecule has 4 nitrogen and oxygen atoms in total. The van der Waals surface area contributed by atoms with E-state index in [1.165, 1.54) is 37.9 Å². The Hall–Kier alpha value is -2.33. The van der Waals surface area contributed by atoms with E-state index in [9.17, 15) is 4.79 Å². The predicted molar refractivity (Wildman–Crippen MR) is 113 cm³/mol. The molecule has 28 heavy (non-hydrogen) atoms. The number of nitrogens with zero attached hydrogens (tertiary/aromatic N) is 1. The summed E-state index contributed by atoms with van der Waals surface area (Å²) in [6.45, 7) is 7.92. The fraction of sp³-hybridized carbons (Fsp3) is 0.458. The maximum absolute atomic E-state index is 12.6. The molecule has 0 aliphatic carbocycles. The van der Waals surface area contributed by atoms with Gasteiger partial charge in [0.15, 0.2) is 6.10 Å². The molecule has 0 aromatic heterocycles. The third-order valence-corrected chi connectivity index (χ3v) is 5.37. The van der Waals surface area contributed by atoms with Gasteiger partial charge in [-0.3, -0.25) is 9.69 Å². The number of rotatable bonds is 8. The molecular weight excluding hydrogens is 348 g/mol. The minimum Gasteiger partial charge on any atom is -0.480 e. The summed E-state index contributed by atoms with van der Waals surface area (Å²) in [7, 11) is 0. The molecule has 1 saturated heterocycles. The van der Waals surface area contributed by atoms with Crippen molar-refractivity contribution < 1.29 is 9.53 Å². The van der Waals surface area contributed by atoms with E-state index in [0.717, 1.165) is 23.4 Å². The van der Waals surface area contributed by atoms with Crippen molar-refractivity contribution in [2.24, 2.45) is 0 Å². The van der Waals surface area contributed by atoms with Crippen molar-refractivity contribution in [3.8, 4) is 5.75 Å². The average Bonchev–Trinajstić information content (AvgIpc) is 2.73. The van der Waals surface area contributed by atoms with Crippen molar-refractivity contribution in [1.82, 2.24) is 10.2 Å². The fourth-order valence-electron chi connectivity index (χ4n) is 3.61. The number of ether oxygens (including phenoxy) is 1. The Morgan fingerprint density at radius 3 is 2.39 bits per heavy atom. The Morgan fingerprint density at radius 2 is 1.71 bits per heavy atom. The van der Waals surface area contributed by atoms with E-state index in [1.54, 1.807) is 0 Å². The van der Waals surface area contributed by atoms with E-state index in [4.69, 9.17) is 4.74 Å². The van der Waals surface area contributed by atoms with Crippen molar-refractivity contribution in [3.05, 3.63) is 65.2 Å². The lowest BCUT2D eigenvalue weighted by Crippen LogP contribution is -2.37. The molecule has 1 unspecified atom stereocenters. The zero-order chi connectivity index (χ0) is 19.8. The van der Waals surface area contributed by atoms with Gasteiger partial charge in [-0.2, -0.15) is 0 Å². The smallest absolute Gasteiger partial charge is 0.261 e. The van der Waals surface area contributed by atoms with Gasteiger partial charge < -0.3 is 10.1 Å². The molecule has 1 aliphatic rings. The molecule has 0 bridgehead atoms. The van der Waals surface area contributed by atoms with Gasteiger partial charge in [-0.1, -0.05) is 55.8 Å². The highest BCUT2D eigenvalue weighted by molar-refractivity contribution is 5.81. The first-order valence-electron chi connectivity index (χ1n) is 10.5. The fourth-order valence-corrected chi connectivity index (χ4v) is 3.61. The lowest BCUT2D eigenvalue weighted by molar-refractivity contribution is -0.128. The summed E-state index contributed by atoms with van der Waals surface area (Å²) in [5, 5.41) is 3.02. The van der Waals surface area contributed by atoms with Crippen molar-refractivity contribution in [1.29, 1.82) is 0 Å². The van der Waals surface area contributed by atoms with E-state index < -0.39 is 6.10 Å². The molecule has 0 saturated carbocycles. The van der Waals surface area contributed by atoms with E-state index in [1.807, 2.05) is 38.1 Å². The maximum atomic E-state index is 12.6. The number of aryl methyl sites for hydroxylation is 1. The van der Waals surface area contributed by atoms with E-state index in [-0.39, 0.29) is 5.91 Å². The van der Waals surface area contributed by atoms with Crippen LogP contribution in [0.15, 0.2) is 48.5 Å². The van der Waals surface area contributed by atoms with Gasteiger partial charge in [0.05, 0.1) is 0 Å². The number of carbonyl (C=O) groups excluding carboxylic acids is 1. The quantitative estimate of drug-likeness (QED) is 0.735. The van der Waals surface area contributed by atoms with Crippen LogP contribution in [-0.2, 0) is 17.9 Å². The first kappa shape index (κ1) is 20.4.